The number of fused-ring (bicyclic) bond motifs is 1. The summed E-state index contributed by atoms with van der Waals surface area (Å²) in [5, 5.41) is 20.4. The van der Waals surface area contributed by atoms with E-state index in [9.17, 15) is 14.8 Å². The summed E-state index contributed by atoms with van der Waals surface area (Å²) in [5.41, 5.74) is 6.46. The van der Waals surface area contributed by atoms with E-state index < -0.39 is 30.6 Å². The molecule has 2 aromatic heterocycles. The third-order valence-corrected chi connectivity index (χ3v) is 4.70. The zero-order chi connectivity index (χ0) is 17.6. The molecular weight excluding hydrogens is 384 g/mol. The lowest BCUT2D eigenvalue weighted by atomic mass is 10.1. The fourth-order valence-electron chi connectivity index (χ4n) is 2.58. The summed E-state index contributed by atoms with van der Waals surface area (Å²) in [6.45, 7) is 1.31. The van der Waals surface area contributed by atoms with Crippen molar-refractivity contribution in [2.24, 2.45) is 0 Å². The number of anilines is 1. The molecule has 0 radical (unpaired) electrons. The van der Waals surface area contributed by atoms with Crippen molar-refractivity contribution >= 4 is 45.5 Å². The Morgan fingerprint density at radius 1 is 1.42 bits per heavy atom. The standard InChI is InChI=1S/C11H14Cl2N5O5P/c1-4-17-6-9(14)15-3-16-10(6)18(4)11-8(20)7(19)5(23-11)2-22-24(12,13)21/h3,5,7-8,11,19-20H,2H2,1H3,(H2,14,15,16)/t5-,7?,8?,11-/m1/s1. The highest BCUT2D eigenvalue weighted by Crippen LogP contribution is 2.57. The highest BCUT2D eigenvalue weighted by Gasteiger charge is 2.45. The van der Waals surface area contributed by atoms with E-state index in [1.807, 2.05) is 0 Å². The lowest BCUT2D eigenvalue weighted by molar-refractivity contribution is -0.0474. The van der Waals surface area contributed by atoms with Gasteiger partial charge in [0.15, 0.2) is 23.2 Å². The number of hydrogen-bond donors (Lipinski definition) is 3. The van der Waals surface area contributed by atoms with Crippen molar-refractivity contribution < 1.29 is 24.0 Å². The molecule has 4 N–H and O–H groups in total. The second-order valence-corrected chi connectivity index (χ2v) is 9.49. The number of nitrogens with two attached hydrogens (primary N) is 1. The van der Waals surface area contributed by atoms with Crippen LogP contribution in [0.4, 0.5) is 5.82 Å². The lowest BCUT2D eigenvalue weighted by Crippen LogP contribution is -2.33. The minimum Gasteiger partial charge on any atom is -0.387 e. The van der Waals surface area contributed by atoms with E-state index in [1.165, 1.54) is 10.9 Å². The van der Waals surface area contributed by atoms with E-state index in [2.05, 4.69) is 15.0 Å². The predicted molar refractivity (Wildman–Crippen MR) is 85.7 cm³/mol. The van der Waals surface area contributed by atoms with E-state index >= 15 is 0 Å². The van der Waals surface area contributed by atoms with Gasteiger partial charge >= 0.3 is 6.07 Å². The fraction of sp³-hybridized carbons (Fsp3) is 0.545. The zero-order valence-electron chi connectivity index (χ0n) is 12.3. The number of aromatic nitrogens is 4. The van der Waals surface area contributed by atoms with E-state index in [4.69, 9.17) is 37.5 Å². The molecule has 2 unspecified atom stereocenters. The quantitative estimate of drug-likeness (QED) is 0.641. The van der Waals surface area contributed by atoms with Crippen molar-refractivity contribution in [1.82, 2.24) is 19.5 Å². The van der Waals surface area contributed by atoms with Crippen LogP contribution in [0.3, 0.4) is 0 Å². The van der Waals surface area contributed by atoms with Crippen LogP contribution in [0.5, 0.6) is 0 Å². The van der Waals surface area contributed by atoms with Crippen LogP contribution >= 0.6 is 28.6 Å². The largest absolute Gasteiger partial charge is 0.387 e. The van der Waals surface area contributed by atoms with Gasteiger partial charge in [0.05, 0.1) is 6.61 Å². The summed E-state index contributed by atoms with van der Waals surface area (Å²) in [7, 11) is 0. The Kier molecular flexibility index (Phi) is 4.73. The first-order chi connectivity index (χ1) is 11.2. The van der Waals surface area contributed by atoms with E-state index in [1.54, 1.807) is 6.92 Å². The maximum atomic E-state index is 11.2. The van der Waals surface area contributed by atoms with E-state index in [-0.39, 0.29) is 12.4 Å². The molecular formula is C11H14Cl2N5O5P. The van der Waals surface area contributed by atoms with Crippen LogP contribution in [0.15, 0.2) is 6.33 Å². The van der Waals surface area contributed by atoms with Crippen LogP contribution in [0.25, 0.3) is 11.2 Å². The molecule has 1 fully saturated rings. The first kappa shape index (κ1) is 17.8. The molecule has 0 aromatic carbocycles. The minimum absolute atomic E-state index is 0.181. The Balaban J connectivity index is 1.92. The van der Waals surface area contributed by atoms with Gasteiger partial charge in [-0.3, -0.25) is 9.13 Å². The number of nitrogens with zero attached hydrogens (tertiary/aromatic N) is 4. The second kappa shape index (κ2) is 6.38. The van der Waals surface area contributed by atoms with Crippen LogP contribution in [0.2, 0.25) is 0 Å². The number of aliphatic hydroxyl groups excluding tert-OH is 2. The van der Waals surface area contributed by atoms with Gasteiger partial charge in [-0.1, -0.05) is 0 Å². The number of ether oxygens (including phenoxy) is 1. The molecule has 0 amide bonds. The van der Waals surface area contributed by atoms with Gasteiger partial charge < -0.3 is 25.2 Å². The zero-order valence-corrected chi connectivity index (χ0v) is 14.7. The number of rotatable bonds is 4. The van der Waals surface area contributed by atoms with E-state index in [0.29, 0.717) is 17.0 Å². The van der Waals surface area contributed by atoms with Gasteiger partial charge in [0.1, 0.15) is 30.5 Å². The van der Waals surface area contributed by atoms with Crippen molar-refractivity contribution in [1.29, 1.82) is 0 Å². The van der Waals surface area contributed by atoms with Crippen LogP contribution in [0, 0.1) is 6.92 Å². The third-order valence-electron chi connectivity index (χ3n) is 3.66. The molecule has 0 aliphatic carbocycles. The average Bonchev–Trinajstić information content (AvgIpc) is 2.96. The second-order valence-electron chi connectivity index (χ2n) is 5.22. The summed E-state index contributed by atoms with van der Waals surface area (Å²) in [5.74, 6) is 0.635. The van der Waals surface area contributed by atoms with Crippen molar-refractivity contribution in [2.75, 3.05) is 12.3 Å². The summed E-state index contributed by atoms with van der Waals surface area (Å²) < 4.78 is 23.1. The Labute approximate surface area is 145 Å². The van der Waals surface area contributed by atoms with Crippen molar-refractivity contribution in [3.05, 3.63) is 12.2 Å². The van der Waals surface area contributed by atoms with Crippen molar-refractivity contribution in [3.8, 4) is 0 Å². The van der Waals surface area contributed by atoms with Gasteiger partial charge in [-0.05, 0) is 29.4 Å². The summed E-state index contributed by atoms with van der Waals surface area (Å²) in [4.78, 5) is 12.2. The van der Waals surface area contributed by atoms with Gasteiger partial charge in [-0.2, -0.15) is 0 Å². The van der Waals surface area contributed by atoms with Gasteiger partial charge in [0.25, 0.3) is 0 Å². The van der Waals surface area contributed by atoms with Crippen LogP contribution in [-0.4, -0.2) is 54.7 Å². The molecule has 4 atom stereocenters. The molecule has 2 aromatic rings. The SMILES string of the molecule is Cc1nc2c(N)ncnc2n1[C@@H]1O[C@H](COP(=O)(Cl)Cl)C(O)C1O. The first-order valence-corrected chi connectivity index (χ1v) is 10.2. The Bertz CT molecular complexity index is 813. The fourth-order valence-corrected chi connectivity index (χ4v) is 3.24. The van der Waals surface area contributed by atoms with Gasteiger partial charge in [0.2, 0.25) is 0 Å². The van der Waals surface area contributed by atoms with E-state index in [0.717, 1.165) is 0 Å². The smallest absolute Gasteiger partial charge is 0.380 e. The highest BCUT2D eigenvalue weighted by molar-refractivity contribution is 8.05. The molecule has 1 saturated heterocycles. The molecule has 0 saturated carbocycles. The van der Waals surface area contributed by atoms with Gasteiger partial charge in [-0.25, -0.2) is 15.0 Å². The maximum Gasteiger partial charge on any atom is 0.380 e. The topological polar surface area (TPSA) is 146 Å². The lowest BCUT2D eigenvalue weighted by Gasteiger charge is -2.18. The Morgan fingerprint density at radius 3 is 2.79 bits per heavy atom. The molecule has 3 heterocycles. The maximum absolute atomic E-state index is 11.2. The Hall–Kier alpha value is -1.00. The molecule has 132 valence electrons. The van der Waals surface area contributed by atoms with Gasteiger partial charge in [-0.15, -0.1) is 0 Å². The van der Waals surface area contributed by atoms with Crippen molar-refractivity contribution in [3.63, 3.8) is 0 Å². The molecule has 1 aliphatic rings. The summed E-state index contributed by atoms with van der Waals surface area (Å²) in [6, 6.07) is 0. The highest BCUT2D eigenvalue weighted by atomic mass is 35.9. The molecule has 24 heavy (non-hydrogen) atoms. The monoisotopic (exact) mass is 397 g/mol. The van der Waals surface area contributed by atoms with Crippen molar-refractivity contribution in [2.45, 2.75) is 31.5 Å². The molecule has 3 rings (SSSR count). The number of hydrogen-bond acceptors (Lipinski definition) is 9. The molecule has 1 aliphatic heterocycles. The molecule has 13 heteroatoms. The average molecular weight is 398 g/mol. The number of imidazole rings is 1. The normalized spacial score (nSPS) is 27.9. The predicted octanol–water partition coefficient (Wildman–Crippen LogP) is 0.938. The van der Waals surface area contributed by atoms with Crippen LogP contribution in [-0.2, 0) is 13.8 Å². The number of nitrogen functional groups attached to an aromatic ring is 1. The number of halogens is 2. The minimum atomic E-state index is -3.78. The molecule has 10 nitrogen and oxygen atoms in total. The van der Waals surface area contributed by atoms with Crippen LogP contribution in [0.1, 0.15) is 12.1 Å². The third kappa shape index (κ3) is 3.23. The Morgan fingerprint density at radius 2 is 2.12 bits per heavy atom. The van der Waals surface area contributed by atoms with Gasteiger partial charge in [0, 0.05) is 0 Å². The molecule has 0 bridgehead atoms. The van der Waals surface area contributed by atoms with Crippen LogP contribution < -0.4 is 5.73 Å². The summed E-state index contributed by atoms with van der Waals surface area (Å²) in [6.07, 6.45) is -7.15. The molecule has 0 spiro atoms. The first-order valence-electron chi connectivity index (χ1n) is 6.79. The number of aryl methyl sites for hydroxylation is 1. The number of aliphatic hydroxyl groups is 2. The summed E-state index contributed by atoms with van der Waals surface area (Å²) >= 11 is 10.6.